The van der Waals surface area contributed by atoms with Crippen LogP contribution in [-0.2, 0) is 9.59 Å². The first-order chi connectivity index (χ1) is 7.57. The summed E-state index contributed by atoms with van der Waals surface area (Å²) in [5.74, 6) is 1.65. The van der Waals surface area contributed by atoms with Crippen molar-refractivity contribution in [3.63, 3.8) is 0 Å². The first kappa shape index (κ1) is 13.1. The Morgan fingerprint density at radius 2 is 2.19 bits per heavy atom. The van der Waals surface area contributed by atoms with Gasteiger partial charge in [-0.25, -0.2) is 0 Å². The van der Waals surface area contributed by atoms with E-state index >= 15 is 0 Å². The van der Waals surface area contributed by atoms with Crippen LogP contribution in [-0.4, -0.2) is 46.8 Å². The third-order valence-corrected chi connectivity index (χ3v) is 3.51. The molecule has 0 aromatic carbocycles. The molecule has 16 heavy (non-hydrogen) atoms. The summed E-state index contributed by atoms with van der Waals surface area (Å²) in [7, 11) is 0. The highest BCUT2D eigenvalue weighted by Gasteiger charge is 2.35. The lowest BCUT2D eigenvalue weighted by Gasteiger charge is -2.36. The Hall–Kier alpha value is -0.970. The number of rotatable bonds is 5. The summed E-state index contributed by atoms with van der Waals surface area (Å²) in [4.78, 5) is 25.0. The van der Waals surface area contributed by atoms with Gasteiger partial charge in [0.05, 0.1) is 0 Å². The van der Waals surface area contributed by atoms with E-state index in [-0.39, 0.29) is 17.9 Å². The fourth-order valence-corrected chi connectivity index (χ4v) is 2.27. The van der Waals surface area contributed by atoms with Crippen molar-refractivity contribution >= 4 is 23.6 Å². The molecular formula is C11H18N2O2S. The fourth-order valence-electron chi connectivity index (χ4n) is 1.61. The zero-order valence-electron chi connectivity index (χ0n) is 9.73. The second kappa shape index (κ2) is 5.94. The lowest BCUT2D eigenvalue weighted by Crippen LogP contribution is -2.61. The number of thioether (sulfide) groups is 1. The Labute approximate surface area is 100 Å². The topological polar surface area (TPSA) is 49.4 Å². The van der Waals surface area contributed by atoms with E-state index in [9.17, 15) is 9.59 Å². The largest absolute Gasteiger partial charge is 0.343 e. The molecule has 4 nitrogen and oxygen atoms in total. The zero-order valence-corrected chi connectivity index (χ0v) is 10.5. The van der Waals surface area contributed by atoms with E-state index < -0.39 is 6.04 Å². The van der Waals surface area contributed by atoms with Gasteiger partial charge in [0.1, 0.15) is 12.1 Å². The molecule has 1 rings (SSSR count). The molecule has 0 spiro atoms. The van der Waals surface area contributed by atoms with E-state index in [4.69, 9.17) is 0 Å². The number of hydrogen-bond acceptors (Lipinski definition) is 3. The van der Waals surface area contributed by atoms with Gasteiger partial charge in [-0.1, -0.05) is 6.08 Å². The minimum absolute atomic E-state index is 0.00584. The first-order valence-corrected chi connectivity index (χ1v) is 6.53. The van der Waals surface area contributed by atoms with Gasteiger partial charge >= 0.3 is 0 Å². The summed E-state index contributed by atoms with van der Waals surface area (Å²) in [6.07, 6.45) is 1.83. The Morgan fingerprint density at radius 1 is 1.50 bits per heavy atom. The van der Waals surface area contributed by atoms with Gasteiger partial charge in [-0.2, -0.15) is 11.8 Å². The van der Waals surface area contributed by atoms with Crippen LogP contribution in [0.4, 0.5) is 0 Å². The molecule has 1 aliphatic heterocycles. The van der Waals surface area contributed by atoms with E-state index in [0.29, 0.717) is 6.54 Å². The molecule has 1 N–H and O–H groups in total. The quantitative estimate of drug-likeness (QED) is 0.568. The maximum absolute atomic E-state index is 11.8. The third kappa shape index (κ3) is 3.01. The van der Waals surface area contributed by atoms with Crippen molar-refractivity contribution in [1.82, 2.24) is 10.2 Å². The van der Waals surface area contributed by atoms with Crippen LogP contribution in [0.2, 0.25) is 0 Å². The number of amides is 2. The monoisotopic (exact) mass is 242 g/mol. The van der Waals surface area contributed by atoms with E-state index in [0.717, 1.165) is 11.5 Å². The molecule has 2 atom stereocenters. The van der Waals surface area contributed by atoms with E-state index in [1.807, 2.05) is 6.08 Å². The molecule has 0 bridgehead atoms. The average molecular weight is 242 g/mol. The van der Waals surface area contributed by atoms with E-state index in [2.05, 4.69) is 11.9 Å². The van der Waals surface area contributed by atoms with Crippen LogP contribution in [0, 0.1) is 0 Å². The molecule has 2 unspecified atom stereocenters. The number of carbonyl (C=O) groups is 2. The molecule has 1 heterocycles. The number of nitrogens with one attached hydrogen (secondary N) is 1. The maximum Gasteiger partial charge on any atom is 0.245 e. The second-order valence-electron chi connectivity index (χ2n) is 3.80. The van der Waals surface area contributed by atoms with Crippen LogP contribution in [0.15, 0.2) is 12.7 Å². The van der Waals surface area contributed by atoms with Crippen molar-refractivity contribution in [2.24, 2.45) is 0 Å². The fraction of sp³-hybridized carbons (Fsp3) is 0.636. The second-order valence-corrected chi connectivity index (χ2v) is 4.95. The summed E-state index contributed by atoms with van der Waals surface area (Å²) >= 11 is 1.71. The smallest absolute Gasteiger partial charge is 0.245 e. The molecule has 1 saturated heterocycles. The van der Waals surface area contributed by atoms with E-state index in [1.165, 1.54) is 0 Å². The highest BCUT2D eigenvalue weighted by molar-refractivity contribution is 7.99. The summed E-state index contributed by atoms with van der Waals surface area (Å²) in [6, 6.07) is -0.749. The van der Waals surface area contributed by atoms with Crippen LogP contribution >= 0.6 is 11.8 Å². The Morgan fingerprint density at radius 3 is 2.81 bits per heavy atom. The number of carbonyl (C=O) groups excluding carboxylic acids is 2. The third-order valence-electron chi connectivity index (χ3n) is 2.57. The SMILES string of the molecule is C=CCSCCN1C(=O)C(C)NC(=O)C1C. The highest BCUT2D eigenvalue weighted by Crippen LogP contribution is 2.11. The van der Waals surface area contributed by atoms with Crippen molar-refractivity contribution in [3.05, 3.63) is 12.7 Å². The maximum atomic E-state index is 11.8. The first-order valence-electron chi connectivity index (χ1n) is 5.37. The molecule has 90 valence electrons. The normalized spacial score (nSPS) is 25.5. The van der Waals surface area contributed by atoms with Gasteiger partial charge < -0.3 is 10.2 Å². The van der Waals surface area contributed by atoms with Crippen LogP contribution in [0.25, 0.3) is 0 Å². The Bertz CT molecular complexity index is 294. The molecule has 0 aromatic rings. The lowest BCUT2D eigenvalue weighted by atomic mass is 10.1. The molecular weight excluding hydrogens is 224 g/mol. The van der Waals surface area contributed by atoms with Crippen molar-refractivity contribution < 1.29 is 9.59 Å². The summed E-state index contributed by atoms with van der Waals surface area (Å²) in [6.45, 7) is 7.73. The summed E-state index contributed by atoms with van der Waals surface area (Å²) in [5.41, 5.74) is 0. The van der Waals surface area contributed by atoms with E-state index in [1.54, 1.807) is 30.5 Å². The Balaban J connectivity index is 2.50. The lowest BCUT2D eigenvalue weighted by molar-refractivity contribution is -0.147. The molecule has 5 heteroatoms. The van der Waals surface area contributed by atoms with Crippen LogP contribution in [0.5, 0.6) is 0 Å². The minimum atomic E-state index is -0.395. The van der Waals surface area contributed by atoms with Gasteiger partial charge in [-0.05, 0) is 13.8 Å². The van der Waals surface area contributed by atoms with Crippen LogP contribution in [0.3, 0.4) is 0 Å². The molecule has 0 aliphatic carbocycles. The molecule has 1 aliphatic rings. The predicted molar refractivity (Wildman–Crippen MR) is 66.3 cm³/mol. The predicted octanol–water partition coefficient (Wildman–Crippen LogP) is 0.641. The van der Waals surface area contributed by atoms with Crippen molar-refractivity contribution in [1.29, 1.82) is 0 Å². The summed E-state index contributed by atoms with van der Waals surface area (Å²) in [5, 5.41) is 2.66. The van der Waals surface area contributed by atoms with Crippen molar-refractivity contribution in [3.8, 4) is 0 Å². The van der Waals surface area contributed by atoms with Gasteiger partial charge in [-0.15, -0.1) is 6.58 Å². The highest BCUT2D eigenvalue weighted by atomic mass is 32.2. The molecule has 0 saturated carbocycles. The zero-order chi connectivity index (χ0) is 12.1. The number of hydrogen-bond donors (Lipinski definition) is 1. The molecule has 2 amide bonds. The van der Waals surface area contributed by atoms with Gasteiger partial charge in [0, 0.05) is 18.1 Å². The molecule has 0 radical (unpaired) electrons. The van der Waals surface area contributed by atoms with Gasteiger partial charge in [-0.3, -0.25) is 9.59 Å². The van der Waals surface area contributed by atoms with Crippen molar-refractivity contribution in [2.45, 2.75) is 25.9 Å². The van der Waals surface area contributed by atoms with Gasteiger partial charge in [0.25, 0.3) is 0 Å². The molecule has 1 fully saturated rings. The van der Waals surface area contributed by atoms with Crippen molar-refractivity contribution in [2.75, 3.05) is 18.1 Å². The Kier molecular flexibility index (Phi) is 4.86. The van der Waals surface area contributed by atoms with Crippen LogP contribution < -0.4 is 5.32 Å². The summed E-state index contributed by atoms with van der Waals surface area (Å²) < 4.78 is 0. The number of nitrogens with zero attached hydrogens (tertiary/aromatic N) is 1. The average Bonchev–Trinajstić information content (AvgIpc) is 2.25. The number of piperazine rings is 1. The molecule has 0 aromatic heterocycles. The minimum Gasteiger partial charge on any atom is -0.343 e. The van der Waals surface area contributed by atoms with Gasteiger partial charge in [0.15, 0.2) is 0 Å². The standard InChI is InChI=1S/C11H18N2O2S/c1-4-6-16-7-5-13-9(3)10(14)12-8(2)11(13)15/h4,8-9H,1,5-7H2,2-3H3,(H,12,14). The van der Waals surface area contributed by atoms with Crippen LogP contribution in [0.1, 0.15) is 13.8 Å². The van der Waals surface area contributed by atoms with Gasteiger partial charge in [0.2, 0.25) is 11.8 Å².